The third-order valence-electron chi connectivity index (χ3n) is 3.05. The number of thiophene rings is 1. The third-order valence-corrected chi connectivity index (χ3v) is 5.67. The minimum absolute atomic E-state index is 0.0695. The molecule has 2 aromatic rings. The highest BCUT2D eigenvalue weighted by atomic mass is 32.2. The van der Waals surface area contributed by atoms with E-state index in [1.807, 2.05) is 17.5 Å². The molecule has 0 aliphatic carbocycles. The fraction of sp³-hybridized carbons (Fsp3) is 0.286. The Morgan fingerprint density at radius 2 is 2.14 bits per heavy atom. The molecule has 1 aromatic carbocycles. The highest BCUT2D eigenvalue weighted by Crippen LogP contribution is 2.22. The molecule has 0 aliphatic rings. The molecule has 0 amide bonds. The summed E-state index contributed by atoms with van der Waals surface area (Å²) < 4.78 is 40.9. The second kappa shape index (κ2) is 6.13. The van der Waals surface area contributed by atoms with E-state index in [4.69, 9.17) is 5.73 Å². The van der Waals surface area contributed by atoms with E-state index in [1.54, 1.807) is 18.3 Å². The number of halogens is 1. The van der Waals surface area contributed by atoms with Gasteiger partial charge in [-0.3, -0.25) is 0 Å². The van der Waals surface area contributed by atoms with E-state index in [0.717, 1.165) is 10.9 Å². The lowest BCUT2D eigenvalue weighted by Crippen LogP contribution is -2.34. The molecule has 0 fully saturated rings. The minimum Gasteiger partial charge on any atom is -0.399 e. The van der Waals surface area contributed by atoms with Crippen LogP contribution in [0.4, 0.5) is 10.1 Å². The molecule has 4 nitrogen and oxygen atoms in total. The van der Waals surface area contributed by atoms with Crippen LogP contribution in [-0.4, -0.2) is 14.5 Å². The first-order valence-corrected chi connectivity index (χ1v) is 8.76. The topological polar surface area (TPSA) is 72.2 Å². The predicted octanol–water partition coefficient (Wildman–Crippen LogP) is 2.69. The van der Waals surface area contributed by atoms with Crippen molar-refractivity contribution >= 4 is 27.0 Å². The fourth-order valence-corrected chi connectivity index (χ4v) is 4.42. The van der Waals surface area contributed by atoms with Crippen LogP contribution in [0.2, 0.25) is 0 Å². The van der Waals surface area contributed by atoms with Gasteiger partial charge in [0.15, 0.2) is 0 Å². The van der Waals surface area contributed by atoms with Crippen LogP contribution in [0.25, 0.3) is 0 Å². The summed E-state index contributed by atoms with van der Waals surface area (Å²) >= 11 is 1.57. The number of rotatable bonds is 5. The first kappa shape index (κ1) is 15.9. The third kappa shape index (κ3) is 3.81. The molecule has 114 valence electrons. The fourth-order valence-electron chi connectivity index (χ4n) is 2.05. The van der Waals surface area contributed by atoms with Crippen molar-refractivity contribution < 1.29 is 12.8 Å². The molecule has 0 radical (unpaired) electrons. The van der Waals surface area contributed by atoms with E-state index in [1.165, 1.54) is 13.0 Å². The zero-order valence-electron chi connectivity index (χ0n) is 11.8. The van der Waals surface area contributed by atoms with Crippen LogP contribution >= 0.6 is 11.3 Å². The monoisotopic (exact) mass is 328 g/mol. The average Bonchev–Trinajstić information content (AvgIpc) is 2.85. The van der Waals surface area contributed by atoms with Gasteiger partial charge in [-0.1, -0.05) is 6.07 Å². The molecule has 7 heteroatoms. The maximum Gasteiger partial charge on any atom is 0.241 e. The van der Waals surface area contributed by atoms with Gasteiger partial charge in [0.1, 0.15) is 5.82 Å². The second-order valence-electron chi connectivity index (χ2n) is 4.93. The minimum atomic E-state index is -3.80. The summed E-state index contributed by atoms with van der Waals surface area (Å²) in [5.41, 5.74) is 5.69. The summed E-state index contributed by atoms with van der Waals surface area (Å²) in [4.78, 5) is 0.971. The average molecular weight is 328 g/mol. The van der Waals surface area contributed by atoms with Gasteiger partial charge in [0.25, 0.3) is 0 Å². The van der Waals surface area contributed by atoms with Crippen molar-refractivity contribution in [3.05, 3.63) is 45.9 Å². The maximum atomic E-state index is 13.6. The Morgan fingerprint density at radius 3 is 2.76 bits per heavy atom. The molecule has 1 aromatic heterocycles. The smallest absolute Gasteiger partial charge is 0.241 e. The number of hydrogen-bond donors (Lipinski definition) is 2. The molecule has 0 spiro atoms. The predicted molar refractivity (Wildman–Crippen MR) is 83.4 cm³/mol. The van der Waals surface area contributed by atoms with Crippen LogP contribution in [0.1, 0.15) is 17.4 Å². The van der Waals surface area contributed by atoms with Crippen molar-refractivity contribution in [2.45, 2.75) is 31.2 Å². The van der Waals surface area contributed by atoms with Gasteiger partial charge >= 0.3 is 0 Å². The van der Waals surface area contributed by atoms with Gasteiger partial charge < -0.3 is 5.73 Å². The Hall–Kier alpha value is -1.44. The van der Waals surface area contributed by atoms with Crippen molar-refractivity contribution in [2.75, 3.05) is 5.73 Å². The maximum absolute atomic E-state index is 13.6. The first-order chi connectivity index (χ1) is 9.79. The molecule has 3 N–H and O–H groups in total. The molecule has 1 atom stereocenters. The molecule has 1 heterocycles. The molecule has 0 saturated carbocycles. The molecule has 0 bridgehead atoms. The molecule has 21 heavy (non-hydrogen) atoms. The lowest BCUT2D eigenvalue weighted by Gasteiger charge is -2.15. The van der Waals surface area contributed by atoms with Gasteiger partial charge in [-0.25, -0.2) is 17.5 Å². The summed E-state index contributed by atoms with van der Waals surface area (Å²) in [5, 5.41) is 1.94. The van der Waals surface area contributed by atoms with E-state index in [9.17, 15) is 12.8 Å². The first-order valence-electron chi connectivity index (χ1n) is 6.40. The summed E-state index contributed by atoms with van der Waals surface area (Å²) in [5.74, 6) is -0.624. The zero-order valence-corrected chi connectivity index (χ0v) is 13.4. The number of hydrogen-bond acceptors (Lipinski definition) is 4. The van der Waals surface area contributed by atoms with Crippen LogP contribution in [0.5, 0.6) is 0 Å². The molecule has 0 aliphatic heterocycles. The quantitative estimate of drug-likeness (QED) is 0.829. The van der Waals surface area contributed by atoms with Crippen molar-refractivity contribution in [1.82, 2.24) is 4.72 Å². The number of nitrogens with two attached hydrogens (primary N) is 1. The van der Waals surface area contributed by atoms with Crippen LogP contribution in [-0.2, 0) is 16.4 Å². The van der Waals surface area contributed by atoms with E-state index in [0.29, 0.717) is 6.42 Å². The zero-order chi connectivity index (χ0) is 15.6. The second-order valence-corrected chi connectivity index (χ2v) is 7.65. The SMILES string of the molecule is Cc1c(F)cc(N)cc1S(=O)(=O)NC(C)Cc1cccs1. The van der Waals surface area contributed by atoms with E-state index >= 15 is 0 Å². The van der Waals surface area contributed by atoms with Gasteiger partial charge in [0.05, 0.1) is 4.90 Å². The summed E-state index contributed by atoms with van der Waals surface area (Å²) in [7, 11) is -3.80. The molecule has 2 rings (SSSR count). The van der Waals surface area contributed by atoms with Gasteiger partial charge in [-0.15, -0.1) is 11.3 Å². The van der Waals surface area contributed by atoms with E-state index in [2.05, 4.69) is 4.72 Å². The van der Waals surface area contributed by atoms with E-state index < -0.39 is 15.8 Å². The number of anilines is 1. The Labute approximate surface area is 127 Å². The standard InChI is InChI=1S/C14H17FN2O2S2/c1-9(6-12-4-3-5-20-12)17-21(18,19)14-8-11(16)7-13(15)10(14)2/h3-5,7-9,17H,6,16H2,1-2H3. The van der Waals surface area contributed by atoms with Crippen molar-refractivity contribution in [3.63, 3.8) is 0 Å². The highest BCUT2D eigenvalue weighted by Gasteiger charge is 2.22. The summed E-state index contributed by atoms with van der Waals surface area (Å²) in [6.07, 6.45) is 0.584. The lowest BCUT2D eigenvalue weighted by molar-refractivity contribution is 0.556. The van der Waals surface area contributed by atoms with Gasteiger partial charge in [0, 0.05) is 22.2 Å². The van der Waals surface area contributed by atoms with E-state index in [-0.39, 0.29) is 22.2 Å². The Morgan fingerprint density at radius 1 is 1.43 bits per heavy atom. The molecule has 1 unspecified atom stereocenters. The van der Waals surface area contributed by atoms with Gasteiger partial charge in [-0.2, -0.15) is 0 Å². The van der Waals surface area contributed by atoms with Crippen molar-refractivity contribution in [2.24, 2.45) is 0 Å². The van der Waals surface area contributed by atoms with Gasteiger partial charge in [-0.05, 0) is 43.8 Å². The molecule has 0 saturated heterocycles. The van der Waals surface area contributed by atoms with Crippen LogP contribution in [0.3, 0.4) is 0 Å². The van der Waals surface area contributed by atoms with Crippen LogP contribution in [0, 0.1) is 12.7 Å². The van der Waals surface area contributed by atoms with Gasteiger partial charge in [0.2, 0.25) is 10.0 Å². The van der Waals surface area contributed by atoms with Crippen LogP contribution < -0.4 is 10.5 Å². The summed E-state index contributed by atoms with van der Waals surface area (Å²) in [6.45, 7) is 3.20. The Balaban J connectivity index is 2.22. The normalized spacial score (nSPS) is 13.3. The molecular formula is C14H17FN2O2S2. The highest BCUT2D eigenvalue weighted by molar-refractivity contribution is 7.89. The Bertz CT molecular complexity index is 728. The Kier molecular flexibility index (Phi) is 4.65. The number of nitrogens with one attached hydrogen (secondary N) is 1. The number of sulfonamides is 1. The van der Waals surface area contributed by atoms with Crippen molar-refractivity contribution in [1.29, 1.82) is 0 Å². The number of nitrogen functional groups attached to an aromatic ring is 1. The van der Waals surface area contributed by atoms with Crippen molar-refractivity contribution in [3.8, 4) is 0 Å². The number of benzene rings is 1. The van der Waals surface area contributed by atoms with Crippen LogP contribution in [0.15, 0.2) is 34.5 Å². The largest absolute Gasteiger partial charge is 0.399 e. The molecular weight excluding hydrogens is 311 g/mol. The lowest BCUT2D eigenvalue weighted by atomic mass is 10.2. The summed E-state index contributed by atoms with van der Waals surface area (Å²) in [6, 6.07) is 5.96.